The Kier molecular flexibility index (Phi) is 4.37. The van der Waals surface area contributed by atoms with Crippen LogP contribution in [-0.4, -0.2) is 38.3 Å². The highest BCUT2D eigenvalue weighted by atomic mass is 32.2. The predicted octanol–water partition coefficient (Wildman–Crippen LogP) is 0.0181. The van der Waals surface area contributed by atoms with E-state index in [0.29, 0.717) is 12.3 Å². The maximum atomic E-state index is 9.14. The minimum Gasteiger partial charge on any atom is -0.393 e. The molecule has 0 radical (unpaired) electrons. The van der Waals surface area contributed by atoms with Crippen LogP contribution in [0.2, 0.25) is 0 Å². The van der Waals surface area contributed by atoms with Crippen LogP contribution >= 0.6 is 11.8 Å². The van der Waals surface area contributed by atoms with E-state index in [1.54, 1.807) is 6.92 Å². The Hall–Kier alpha value is -0.590. The number of rotatable bonds is 5. The van der Waals surface area contributed by atoms with E-state index in [0.717, 1.165) is 17.5 Å². The fourth-order valence-corrected chi connectivity index (χ4v) is 1.92. The average molecular weight is 216 g/mol. The molecule has 1 aromatic rings. The van der Waals surface area contributed by atoms with E-state index in [-0.39, 0.29) is 6.10 Å². The van der Waals surface area contributed by atoms with Crippen molar-refractivity contribution in [3.05, 3.63) is 5.82 Å². The molecule has 80 valence electrons. The number of hydrogen-bond acceptors (Lipinski definition) is 5. The molecule has 14 heavy (non-hydrogen) atoms. The third-order valence-corrected chi connectivity index (χ3v) is 2.92. The summed E-state index contributed by atoms with van der Waals surface area (Å²) in [4.78, 5) is 0. The maximum absolute atomic E-state index is 9.14. The summed E-state index contributed by atoms with van der Waals surface area (Å²) in [5.74, 6) is 1.49. The van der Waals surface area contributed by atoms with Crippen molar-refractivity contribution < 1.29 is 5.11 Å². The van der Waals surface area contributed by atoms with Crippen LogP contribution in [0.15, 0.2) is 5.16 Å². The molecular weight excluding hydrogens is 200 g/mol. The first-order valence-corrected chi connectivity index (χ1v) is 5.54. The van der Waals surface area contributed by atoms with Gasteiger partial charge in [0.25, 0.3) is 0 Å². The summed E-state index contributed by atoms with van der Waals surface area (Å²) in [5.41, 5.74) is 5.48. The zero-order valence-corrected chi connectivity index (χ0v) is 9.29. The molecule has 0 amide bonds. The molecule has 0 saturated carbocycles. The van der Waals surface area contributed by atoms with Crippen molar-refractivity contribution in [2.75, 3.05) is 12.3 Å². The normalized spacial score (nSPS) is 13.1. The van der Waals surface area contributed by atoms with Gasteiger partial charge >= 0.3 is 0 Å². The summed E-state index contributed by atoms with van der Waals surface area (Å²) in [6.45, 7) is 4.95. The van der Waals surface area contributed by atoms with Gasteiger partial charge in [-0.05, 0) is 13.8 Å². The van der Waals surface area contributed by atoms with E-state index in [2.05, 4.69) is 10.2 Å². The van der Waals surface area contributed by atoms with Gasteiger partial charge in [-0.3, -0.25) is 0 Å². The van der Waals surface area contributed by atoms with Crippen molar-refractivity contribution in [1.29, 1.82) is 0 Å². The highest BCUT2D eigenvalue weighted by Gasteiger charge is 2.09. The molecule has 0 aliphatic carbocycles. The zero-order chi connectivity index (χ0) is 10.6. The summed E-state index contributed by atoms with van der Waals surface area (Å²) >= 11 is 1.50. The van der Waals surface area contributed by atoms with E-state index >= 15 is 0 Å². The quantitative estimate of drug-likeness (QED) is 0.678. The van der Waals surface area contributed by atoms with E-state index in [1.807, 2.05) is 11.5 Å². The molecule has 1 unspecified atom stereocenters. The lowest BCUT2D eigenvalue weighted by molar-refractivity contribution is 0.220. The van der Waals surface area contributed by atoms with E-state index in [9.17, 15) is 0 Å². The Balaban J connectivity index is 2.65. The third kappa shape index (κ3) is 2.97. The first-order valence-electron chi connectivity index (χ1n) is 4.56. The molecule has 0 bridgehead atoms. The van der Waals surface area contributed by atoms with Crippen LogP contribution in [0.25, 0.3) is 0 Å². The van der Waals surface area contributed by atoms with Crippen LogP contribution < -0.4 is 5.73 Å². The molecule has 3 N–H and O–H groups in total. The number of aryl methyl sites for hydroxylation is 1. The van der Waals surface area contributed by atoms with Gasteiger partial charge in [-0.15, -0.1) is 10.2 Å². The standard InChI is InChI=1S/C8H16N4OS/c1-6(13)5-14-8-11-10-7(2)12(8)4-3-9/h6,13H,3-5,9H2,1-2H3. The summed E-state index contributed by atoms with van der Waals surface area (Å²) in [6.07, 6.45) is -0.330. The molecule has 0 saturated heterocycles. The van der Waals surface area contributed by atoms with Crippen molar-refractivity contribution in [1.82, 2.24) is 14.8 Å². The second-order valence-electron chi connectivity index (χ2n) is 3.13. The monoisotopic (exact) mass is 216 g/mol. The topological polar surface area (TPSA) is 77.0 Å². The second-order valence-corrected chi connectivity index (χ2v) is 4.12. The van der Waals surface area contributed by atoms with Crippen molar-refractivity contribution in [2.24, 2.45) is 5.73 Å². The predicted molar refractivity (Wildman–Crippen MR) is 56.2 cm³/mol. The molecule has 0 aliphatic rings. The van der Waals surface area contributed by atoms with Crippen LogP contribution in [0.4, 0.5) is 0 Å². The lowest BCUT2D eigenvalue weighted by Gasteiger charge is -2.07. The van der Waals surface area contributed by atoms with Gasteiger partial charge in [-0.1, -0.05) is 11.8 Å². The average Bonchev–Trinajstić information content (AvgIpc) is 2.46. The number of aliphatic hydroxyl groups is 1. The van der Waals surface area contributed by atoms with Gasteiger partial charge in [0.1, 0.15) is 5.82 Å². The van der Waals surface area contributed by atoms with Crippen LogP contribution in [0.1, 0.15) is 12.7 Å². The molecule has 1 aromatic heterocycles. The summed E-state index contributed by atoms with van der Waals surface area (Å²) < 4.78 is 1.97. The van der Waals surface area contributed by atoms with Gasteiger partial charge in [-0.25, -0.2) is 0 Å². The summed E-state index contributed by atoms with van der Waals surface area (Å²) in [7, 11) is 0. The summed E-state index contributed by atoms with van der Waals surface area (Å²) in [6, 6.07) is 0. The van der Waals surface area contributed by atoms with Gasteiger partial charge in [-0.2, -0.15) is 0 Å². The van der Waals surface area contributed by atoms with E-state index in [1.165, 1.54) is 11.8 Å². The van der Waals surface area contributed by atoms with E-state index in [4.69, 9.17) is 10.8 Å². The van der Waals surface area contributed by atoms with Crippen molar-refractivity contribution in [3.63, 3.8) is 0 Å². The Morgan fingerprint density at radius 1 is 1.57 bits per heavy atom. The zero-order valence-electron chi connectivity index (χ0n) is 8.47. The van der Waals surface area contributed by atoms with Gasteiger partial charge in [0.2, 0.25) is 0 Å². The Morgan fingerprint density at radius 3 is 2.86 bits per heavy atom. The highest BCUT2D eigenvalue weighted by molar-refractivity contribution is 7.99. The van der Waals surface area contributed by atoms with Gasteiger partial charge in [0.15, 0.2) is 5.16 Å². The molecule has 0 fully saturated rings. The molecule has 0 aromatic carbocycles. The first-order chi connectivity index (χ1) is 6.65. The minimum atomic E-state index is -0.330. The molecule has 1 rings (SSSR count). The lowest BCUT2D eigenvalue weighted by Crippen LogP contribution is -2.13. The Bertz CT molecular complexity index is 287. The lowest BCUT2D eigenvalue weighted by atomic mass is 10.5. The van der Waals surface area contributed by atoms with Crippen LogP contribution in [-0.2, 0) is 6.54 Å². The number of nitrogens with zero attached hydrogens (tertiary/aromatic N) is 3. The minimum absolute atomic E-state index is 0.330. The first kappa shape index (κ1) is 11.5. The van der Waals surface area contributed by atoms with Crippen molar-refractivity contribution in [3.8, 4) is 0 Å². The molecule has 6 heteroatoms. The van der Waals surface area contributed by atoms with Crippen LogP contribution in [0.5, 0.6) is 0 Å². The third-order valence-electron chi connectivity index (χ3n) is 1.71. The summed E-state index contributed by atoms with van der Waals surface area (Å²) in [5, 5.41) is 17.9. The largest absolute Gasteiger partial charge is 0.393 e. The maximum Gasteiger partial charge on any atom is 0.191 e. The molecule has 1 atom stereocenters. The molecule has 1 heterocycles. The van der Waals surface area contributed by atoms with Gasteiger partial charge < -0.3 is 15.4 Å². The number of hydrogen-bond donors (Lipinski definition) is 2. The number of aliphatic hydroxyl groups excluding tert-OH is 1. The fraction of sp³-hybridized carbons (Fsp3) is 0.750. The number of thioether (sulfide) groups is 1. The SMILES string of the molecule is Cc1nnc(SCC(C)O)n1CCN. The second kappa shape index (κ2) is 5.33. The highest BCUT2D eigenvalue weighted by Crippen LogP contribution is 2.17. The molecule has 0 spiro atoms. The molecule has 5 nitrogen and oxygen atoms in total. The number of nitrogens with two attached hydrogens (primary N) is 1. The fourth-order valence-electron chi connectivity index (χ4n) is 1.05. The van der Waals surface area contributed by atoms with Crippen LogP contribution in [0, 0.1) is 6.92 Å². The Labute approximate surface area is 87.7 Å². The molecule has 0 aliphatic heterocycles. The van der Waals surface area contributed by atoms with Gasteiger partial charge in [0, 0.05) is 18.8 Å². The van der Waals surface area contributed by atoms with Gasteiger partial charge in [0.05, 0.1) is 6.10 Å². The smallest absolute Gasteiger partial charge is 0.191 e. The van der Waals surface area contributed by atoms with Crippen LogP contribution in [0.3, 0.4) is 0 Å². The Morgan fingerprint density at radius 2 is 2.29 bits per heavy atom. The van der Waals surface area contributed by atoms with Crippen molar-refractivity contribution >= 4 is 11.8 Å². The number of aromatic nitrogens is 3. The van der Waals surface area contributed by atoms with E-state index < -0.39 is 0 Å². The molecular formula is C8H16N4OS. The van der Waals surface area contributed by atoms with Crippen molar-refractivity contribution in [2.45, 2.75) is 31.7 Å².